The minimum Gasteiger partial charge on any atom is -0.342 e. The number of aromatic nitrogens is 4. The van der Waals surface area contributed by atoms with E-state index in [4.69, 9.17) is 4.52 Å². The molecule has 2 aromatic rings. The first-order chi connectivity index (χ1) is 15.4. The number of rotatable bonds is 6. The number of hydrogen-bond donors (Lipinski definition) is 0. The summed E-state index contributed by atoms with van der Waals surface area (Å²) in [6.45, 7) is 8.83. The molecule has 2 amide bonds. The van der Waals surface area contributed by atoms with Gasteiger partial charge in [0.1, 0.15) is 5.82 Å². The molecule has 2 fully saturated rings. The Morgan fingerprint density at radius 3 is 2.56 bits per heavy atom. The van der Waals surface area contributed by atoms with E-state index in [0.29, 0.717) is 42.4 Å². The second-order valence-corrected chi connectivity index (χ2v) is 9.11. The van der Waals surface area contributed by atoms with Gasteiger partial charge in [0.2, 0.25) is 11.8 Å². The topological polar surface area (TPSA) is 105 Å². The lowest BCUT2D eigenvalue weighted by Crippen LogP contribution is -2.39. The van der Waals surface area contributed by atoms with Crippen LogP contribution in [0.1, 0.15) is 91.4 Å². The van der Waals surface area contributed by atoms with Crippen molar-refractivity contribution in [3.05, 3.63) is 35.0 Å². The lowest BCUT2D eigenvalue weighted by molar-refractivity contribution is -0.132. The number of piperidine rings is 1. The monoisotopic (exact) mass is 440 g/mol. The molecular formula is C23H32N6O3. The van der Waals surface area contributed by atoms with Gasteiger partial charge in [-0.3, -0.25) is 9.59 Å². The Hall–Kier alpha value is -2.84. The van der Waals surface area contributed by atoms with Gasteiger partial charge in [-0.2, -0.15) is 4.98 Å². The summed E-state index contributed by atoms with van der Waals surface area (Å²) in [5.74, 6) is 2.28. The predicted octanol–water partition coefficient (Wildman–Crippen LogP) is 2.87. The lowest BCUT2D eigenvalue weighted by atomic mass is 9.96. The molecule has 0 aliphatic carbocycles. The minimum atomic E-state index is 0.0219. The number of nitrogens with zero attached hydrogens (tertiary/aromatic N) is 6. The van der Waals surface area contributed by atoms with E-state index in [0.717, 1.165) is 51.1 Å². The van der Waals surface area contributed by atoms with Gasteiger partial charge in [0.25, 0.3) is 5.91 Å². The molecule has 0 spiro atoms. The molecule has 0 bridgehead atoms. The van der Waals surface area contributed by atoms with Crippen LogP contribution in [0.15, 0.2) is 10.7 Å². The third kappa shape index (κ3) is 4.97. The van der Waals surface area contributed by atoms with Crippen LogP contribution in [-0.2, 0) is 11.2 Å². The van der Waals surface area contributed by atoms with E-state index in [1.54, 1.807) is 6.20 Å². The van der Waals surface area contributed by atoms with Crippen molar-refractivity contribution in [1.82, 2.24) is 29.9 Å². The van der Waals surface area contributed by atoms with E-state index in [1.807, 2.05) is 30.6 Å². The van der Waals surface area contributed by atoms with E-state index >= 15 is 0 Å². The highest BCUT2D eigenvalue weighted by atomic mass is 16.5. The molecule has 0 aromatic carbocycles. The molecule has 2 aliphatic heterocycles. The number of carbonyl (C=O) groups excluding carboxylic acids is 2. The van der Waals surface area contributed by atoms with Crippen LogP contribution < -0.4 is 0 Å². The molecule has 0 unspecified atom stereocenters. The lowest BCUT2D eigenvalue weighted by Gasteiger charge is -2.32. The molecule has 0 saturated carbocycles. The van der Waals surface area contributed by atoms with E-state index in [9.17, 15) is 9.59 Å². The molecule has 32 heavy (non-hydrogen) atoms. The summed E-state index contributed by atoms with van der Waals surface area (Å²) in [4.78, 5) is 42.8. The molecule has 2 aliphatic rings. The summed E-state index contributed by atoms with van der Waals surface area (Å²) in [5.41, 5.74) is 1.30. The first-order valence-electron chi connectivity index (χ1n) is 11.7. The third-order valence-corrected chi connectivity index (χ3v) is 6.31. The van der Waals surface area contributed by atoms with Gasteiger partial charge in [-0.15, -0.1) is 0 Å². The largest absolute Gasteiger partial charge is 0.342 e. The zero-order chi connectivity index (χ0) is 22.7. The highest BCUT2D eigenvalue weighted by Gasteiger charge is 2.28. The van der Waals surface area contributed by atoms with Gasteiger partial charge < -0.3 is 14.3 Å². The van der Waals surface area contributed by atoms with Crippen LogP contribution in [0.2, 0.25) is 0 Å². The predicted molar refractivity (Wildman–Crippen MR) is 117 cm³/mol. The van der Waals surface area contributed by atoms with Crippen LogP contribution in [0, 0.1) is 6.92 Å². The fourth-order valence-electron chi connectivity index (χ4n) is 4.37. The average Bonchev–Trinajstić information content (AvgIpc) is 3.49. The summed E-state index contributed by atoms with van der Waals surface area (Å²) in [5, 5.41) is 3.96. The number of hydrogen-bond acceptors (Lipinski definition) is 7. The number of aryl methyl sites for hydroxylation is 2. The summed E-state index contributed by atoms with van der Waals surface area (Å²) in [7, 11) is 0. The fraction of sp³-hybridized carbons (Fsp3) is 0.652. The number of carbonyl (C=O) groups is 2. The van der Waals surface area contributed by atoms with Crippen molar-refractivity contribution in [3.63, 3.8) is 0 Å². The van der Waals surface area contributed by atoms with Gasteiger partial charge in [-0.05, 0) is 32.6 Å². The van der Waals surface area contributed by atoms with Crippen molar-refractivity contribution in [2.45, 2.75) is 71.1 Å². The van der Waals surface area contributed by atoms with Crippen LogP contribution in [0.3, 0.4) is 0 Å². The SMILES string of the molecule is Cc1nc([C@@H]2CCCN(C(=O)CCc3nc(C(C)C)no3)C2)ncc1C(=O)N1CCCC1. The summed E-state index contributed by atoms with van der Waals surface area (Å²) in [6.07, 6.45) is 6.41. The fourth-order valence-corrected chi connectivity index (χ4v) is 4.37. The van der Waals surface area contributed by atoms with E-state index in [2.05, 4.69) is 20.1 Å². The van der Waals surface area contributed by atoms with Crippen molar-refractivity contribution in [2.75, 3.05) is 26.2 Å². The smallest absolute Gasteiger partial charge is 0.257 e. The molecule has 0 radical (unpaired) electrons. The van der Waals surface area contributed by atoms with Gasteiger partial charge in [-0.25, -0.2) is 9.97 Å². The maximum absolute atomic E-state index is 12.8. The van der Waals surface area contributed by atoms with Crippen molar-refractivity contribution >= 4 is 11.8 Å². The van der Waals surface area contributed by atoms with E-state index in [-0.39, 0.29) is 23.7 Å². The maximum atomic E-state index is 12.8. The van der Waals surface area contributed by atoms with E-state index in [1.165, 1.54) is 0 Å². The van der Waals surface area contributed by atoms with Gasteiger partial charge in [-0.1, -0.05) is 19.0 Å². The maximum Gasteiger partial charge on any atom is 0.257 e. The Labute approximate surface area is 188 Å². The quantitative estimate of drug-likeness (QED) is 0.680. The van der Waals surface area contributed by atoms with Gasteiger partial charge in [0.05, 0.1) is 11.3 Å². The summed E-state index contributed by atoms with van der Waals surface area (Å²) in [6, 6.07) is 0. The Morgan fingerprint density at radius 1 is 1.12 bits per heavy atom. The van der Waals surface area contributed by atoms with Crippen LogP contribution in [-0.4, -0.2) is 67.9 Å². The first kappa shape index (κ1) is 22.4. The number of amides is 2. The molecule has 0 N–H and O–H groups in total. The Balaban J connectivity index is 1.36. The molecular weight excluding hydrogens is 408 g/mol. The third-order valence-electron chi connectivity index (χ3n) is 6.31. The average molecular weight is 441 g/mol. The Kier molecular flexibility index (Phi) is 6.81. The second-order valence-electron chi connectivity index (χ2n) is 9.11. The second kappa shape index (κ2) is 9.75. The van der Waals surface area contributed by atoms with E-state index < -0.39 is 0 Å². The molecule has 4 rings (SSSR count). The van der Waals surface area contributed by atoms with Gasteiger partial charge in [0, 0.05) is 57.1 Å². The zero-order valence-electron chi connectivity index (χ0n) is 19.2. The summed E-state index contributed by atoms with van der Waals surface area (Å²) < 4.78 is 5.25. The van der Waals surface area contributed by atoms with Gasteiger partial charge >= 0.3 is 0 Å². The van der Waals surface area contributed by atoms with Crippen molar-refractivity contribution in [1.29, 1.82) is 0 Å². The molecule has 4 heterocycles. The normalized spacial score (nSPS) is 19.1. The molecule has 2 saturated heterocycles. The highest BCUT2D eigenvalue weighted by Crippen LogP contribution is 2.26. The summed E-state index contributed by atoms with van der Waals surface area (Å²) >= 11 is 0. The molecule has 9 nitrogen and oxygen atoms in total. The van der Waals surface area contributed by atoms with Crippen LogP contribution >= 0.6 is 0 Å². The molecule has 172 valence electrons. The molecule has 9 heteroatoms. The van der Waals surface area contributed by atoms with Crippen molar-refractivity contribution < 1.29 is 14.1 Å². The first-order valence-corrected chi connectivity index (χ1v) is 11.7. The molecule has 1 atom stereocenters. The van der Waals surface area contributed by atoms with Crippen molar-refractivity contribution in [2.24, 2.45) is 0 Å². The van der Waals surface area contributed by atoms with Gasteiger partial charge in [0.15, 0.2) is 5.82 Å². The van der Waals surface area contributed by atoms with Crippen molar-refractivity contribution in [3.8, 4) is 0 Å². The minimum absolute atomic E-state index is 0.0219. The van der Waals surface area contributed by atoms with Crippen LogP contribution in [0.5, 0.6) is 0 Å². The van der Waals surface area contributed by atoms with Crippen LogP contribution in [0.4, 0.5) is 0 Å². The highest BCUT2D eigenvalue weighted by molar-refractivity contribution is 5.95. The Morgan fingerprint density at radius 2 is 1.88 bits per heavy atom. The van der Waals surface area contributed by atoms with Crippen LogP contribution in [0.25, 0.3) is 0 Å². The number of likely N-dealkylation sites (tertiary alicyclic amines) is 2. The Bertz CT molecular complexity index is 966. The zero-order valence-corrected chi connectivity index (χ0v) is 19.2. The standard InChI is InChI=1S/C23H32N6O3/c1-15(2)21-26-19(32-27-21)8-9-20(30)29-12-6-7-17(14-29)22-24-13-18(16(3)25-22)23(31)28-10-4-5-11-28/h13,15,17H,4-12,14H2,1-3H3/t17-/m1/s1. The molecule has 2 aromatic heterocycles.